The van der Waals surface area contributed by atoms with E-state index < -0.39 is 5.41 Å². The smallest absolute Gasteiger partial charge is 0.0550 e. The van der Waals surface area contributed by atoms with Crippen molar-refractivity contribution in [1.82, 2.24) is 0 Å². The summed E-state index contributed by atoms with van der Waals surface area (Å²) >= 11 is 0. The van der Waals surface area contributed by atoms with Crippen LogP contribution >= 0.6 is 0 Å². The maximum Gasteiger partial charge on any atom is 0.0550 e. The Morgan fingerprint density at radius 3 is 2.20 bits per heavy atom. The third-order valence-electron chi connectivity index (χ3n) is 4.24. The maximum absolute atomic E-state index is 9.80. The third kappa shape index (κ3) is 4.92. The average Bonchev–Trinajstić information content (AvgIpc) is 2.47. The normalized spacial score (nSPS) is 11.8. The zero-order valence-electron chi connectivity index (χ0n) is 13.1. The summed E-state index contributed by atoms with van der Waals surface area (Å²) in [7, 11) is 0. The summed E-state index contributed by atoms with van der Waals surface area (Å²) in [6.45, 7) is 4.30. The van der Waals surface area contributed by atoms with E-state index >= 15 is 0 Å². The molecule has 0 unspecified atom stereocenters. The first kappa shape index (κ1) is 17.2. The van der Waals surface area contributed by atoms with Gasteiger partial charge in [0, 0.05) is 5.41 Å². The molecule has 0 aliphatic heterocycles. The molecular formula is C18H30O2. The first-order valence-electron chi connectivity index (χ1n) is 7.97. The van der Waals surface area contributed by atoms with Crippen molar-refractivity contribution in [1.29, 1.82) is 0 Å². The van der Waals surface area contributed by atoms with Crippen LogP contribution < -0.4 is 0 Å². The van der Waals surface area contributed by atoms with Crippen LogP contribution in [-0.4, -0.2) is 23.4 Å². The largest absolute Gasteiger partial charge is 0.395 e. The van der Waals surface area contributed by atoms with Crippen molar-refractivity contribution in [3.63, 3.8) is 0 Å². The summed E-state index contributed by atoms with van der Waals surface area (Å²) in [6.07, 6.45) is 8.24. The second-order valence-corrected chi connectivity index (χ2v) is 5.98. The number of aliphatic hydroxyl groups is 2. The van der Waals surface area contributed by atoms with Crippen molar-refractivity contribution in [3.8, 4) is 0 Å². The fraction of sp³-hybridized carbons (Fsp3) is 0.667. The van der Waals surface area contributed by atoms with E-state index in [0.29, 0.717) is 0 Å². The lowest BCUT2D eigenvalue weighted by Crippen LogP contribution is -2.35. The topological polar surface area (TPSA) is 40.5 Å². The predicted molar refractivity (Wildman–Crippen MR) is 85.0 cm³/mol. The molecule has 0 aliphatic rings. The molecule has 0 radical (unpaired) electrons. The van der Waals surface area contributed by atoms with E-state index in [-0.39, 0.29) is 13.2 Å². The maximum atomic E-state index is 9.80. The molecule has 20 heavy (non-hydrogen) atoms. The summed E-state index contributed by atoms with van der Waals surface area (Å²) in [5.41, 5.74) is 1.77. The van der Waals surface area contributed by atoms with Gasteiger partial charge in [0.25, 0.3) is 0 Å². The van der Waals surface area contributed by atoms with Crippen LogP contribution in [0.4, 0.5) is 0 Å². The van der Waals surface area contributed by atoms with Crippen molar-refractivity contribution in [2.24, 2.45) is 0 Å². The van der Waals surface area contributed by atoms with Gasteiger partial charge in [-0.2, -0.15) is 0 Å². The van der Waals surface area contributed by atoms with Gasteiger partial charge in [-0.1, -0.05) is 75.3 Å². The summed E-state index contributed by atoms with van der Waals surface area (Å²) in [6, 6.07) is 8.17. The first-order chi connectivity index (χ1) is 9.68. The number of aliphatic hydroxyl groups excluding tert-OH is 2. The molecule has 1 rings (SSSR count). The molecule has 2 heteroatoms. The Labute approximate surface area is 123 Å². The molecule has 0 saturated heterocycles. The number of unbranched alkanes of at least 4 members (excludes halogenated alkanes) is 5. The van der Waals surface area contributed by atoms with Crippen LogP contribution in [0.2, 0.25) is 0 Å². The second kappa shape index (κ2) is 9.15. The molecule has 0 heterocycles. The molecule has 1 aromatic carbocycles. The van der Waals surface area contributed by atoms with Gasteiger partial charge >= 0.3 is 0 Å². The van der Waals surface area contributed by atoms with Crippen molar-refractivity contribution in [2.45, 2.75) is 64.2 Å². The first-order valence-corrected chi connectivity index (χ1v) is 7.97. The lowest BCUT2D eigenvalue weighted by atomic mass is 9.77. The lowest BCUT2D eigenvalue weighted by Gasteiger charge is -2.31. The molecule has 0 saturated carbocycles. The van der Waals surface area contributed by atoms with E-state index in [9.17, 15) is 10.2 Å². The molecule has 0 aliphatic carbocycles. The van der Waals surface area contributed by atoms with Crippen LogP contribution in [0.25, 0.3) is 0 Å². The zero-order chi connectivity index (χ0) is 14.8. The van der Waals surface area contributed by atoms with E-state index in [1.54, 1.807) is 0 Å². The van der Waals surface area contributed by atoms with E-state index in [2.05, 4.69) is 13.0 Å². The molecular weight excluding hydrogens is 248 g/mol. The van der Waals surface area contributed by atoms with E-state index in [1.165, 1.54) is 37.7 Å². The highest BCUT2D eigenvalue weighted by atomic mass is 16.3. The number of aryl methyl sites for hydroxylation is 1. The van der Waals surface area contributed by atoms with Crippen LogP contribution in [0.5, 0.6) is 0 Å². The molecule has 0 spiro atoms. The minimum Gasteiger partial charge on any atom is -0.395 e. The van der Waals surface area contributed by atoms with Crippen molar-refractivity contribution < 1.29 is 10.2 Å². The van der Waals surface area contributed by atoms with Gasteiger partial charge in [-0.25, -0.2) is 0 Å². The van der Waals surface area contributed by atoms with Gasteiger partial charge in [-0.15, -0.1) is 0 Å². The van der Waals surface area contributed by atoms with Gasteiger partial charge in [0.2, 0.25) is 0 Å². The highest BCUT2D eigenvalue weighted by Gasteiger charge is 2.30. The summed E-state index contributed by atoms with van der Waals surface area (Å²) in [4.78, 5) is 0. The fourth-order valence-electron chi connectivity index (χ4n) is 2.75. The number of hydrogen-bond donors (Lipinski definition) is 2. The van der Waals surface area contributed by atoms with Gasteiger partial charge in [-0.3, -0.25) is 0 Å². The Morgan fingerprint density at radius 1 is 0.950 bits per heavy atom. The Morgan fingerprint density at radius 2 is 1.60 bits per heavy atom. The standard InChI is InChI=1S/C18H30O2/c1-3-4-5-6-7-8-12-18(14-19,15-20)17-11-9-10-16(2)13-17/h9-11,13,19-20H,3-8,12,14-15H2,1-2H3. The number of hydrogen-bond acceptors (Lipinski definition) is 2. The lowest BCUT2D eigenvalue weighted by molar-refractivity contribution is 0.107. The average molecular weight is 278 g/mol. The molecule has 0 bridgehead atoms. The Bertz CT molecular complexity index is 369. The van der Waals surface area contributed by atoms with Gasteiger partial charge in [0.1, 0.15) is 0 Å². The molecule has 0 aromatic heterocycles. The highest BCUT2D eigenvalue weighted by Crippen LogP contribution is 2.30. The molecule has 0 atom stereocenters. The summed E-state index contributed by atoms with van der Waals surface area (Å²) in [5.74, 6) is 0. The highest BCUT2D eigenvalue weighted by molar-refractivity contribution is 5.30. The fourth-order valence-corrected chi connectivity index (χ4v) is 2.75. The Balaban J connectivity index is 2.58. The molecule has 114 valence electrons. The predicted octanol–water partition coefficient (Wildman–Crippen LogP) is 3.97. The third-order valence-corrected chi connectivity index (χ3v) is 4.24. The summed E-state index contributed by atoms with van der Waals surface area (Å²) < 4.78 is 0. The monoisotopic (exact) mass is 278 g/mol. The summed E-state index contributed by atoms with van der Waals surface area (Å²) in [5, 5.41) is 19.6. The second-order valence-electron chi connectivity index (χ2n) is 5.98. The molecule has 1 aromatic rings. The molecule has 0 fully saturated rings. The van der Waals surface area contributed by atoms with Crippen LogP contribution in [-0.2, 0) is 5.41 Å². The van der Waals surface area contributed by atoms with Crippen molar-refractivity contribution in [2.75, 3.05) is 13.2 Å². The van der Waals surface area contributed by atoms with E-state index in [0.717, 1.165) is 18.4 Å². The van der Waals surface area contributed by atoms with Crippen LogP contribution in [0.15, 0.2) is 24.3 Å². The zero-order valence-corrected chi connectivity index (χ0v) is 13.1. The Kier molecular flexibility index (Phi) is 7.86. The van der Waals surface area contributed by atoms with Crippen molar-refractivity contribution in [3.05, 3.63) is 35.4 Å². The van der Waals surface area contributed by atoms with Gasteiger partial charge in [-0.05, 0) is 18.9 Å². The number of rotatable bonds is 10. The minimum atomic E-state index is -0.475. The van der Waals surface area contributed by atoms with Crippen LogP contribution in [0.1, 0.15) is 63.0 Å². The van der Waals surface area contributed by atoms with Crippen LogP contribution in [0.3, 0.4) is 0 Å². The molecule has 2 nitrogen and oxygen atoms in total. The SMILES string of the molecule is CCCCCCCCC(CO)(CO)c1cccc(C)c1. The van der Waals surface area contributed by atoms with Gasteiger partial charge in [0.05, 0.1) is 13.2 Å². The number of benzene rings is 1. The van der Waals surface area contributed by atoms with Gasteiger partial charge in [0.15, 0.2) is 0 Å². The Hall–Kier alpha value is -0.860. The van der Waals surface area contributed by atoms with Crippen LogP contribution in [0, 0.1) is 6.92 Å². The molecule has 2 N–H and O–H groups in total. The van der Waals surface area contributed by atoms with Crippen molar-refractivity contribution >= 4 is 0 Å². The minimum absolute atomic E-state index is 0.0158. The quantitative estimate of drug-likeness (QED) is 0.636. The van der Waals surface area contributed by atoms with Gasteiger partial charge < -0.3 is 10.2 Å². The van der Waals surface area contributed by atoms with E-state index in [4.69, 9.17) is 0 Å². The van der Waals surface area contributed by atoms with E-state index in [1.807, 2.05) is 25.1 Å². The molecule has 0 amide bonds.